The molecule has 0 unspecified atom stereocenters. The highest BCUT2D eigenvalue weighted by Crippen LogP contribution is 2.39. The second-order valence-corrected chi connectivity index (χ2v) is 10.1. The Balaban J connectivity index is 1.56. The summed E-state index contributed by atoms with van der Waals surface area (Å²) in [5.41, 5.74) is 4.91. The van der Waals surface area contributed by atoms with Crippen LogP contribution in [0.1, 0.15) is 26.6 Å². The summed E-state index contributed by atoms with van der Waals surface area (Å²) in [6.45, 7) is 6.37. The van der Waals surface area contributed by atoms with Crippen LogP contribution in [0.15, 0.2) is 93.8 Å². The van der Waals surface area contributed by atoms with E-state index in [1.54, 1.807) is 0 Å². The van der Waals surface area contributed by atoms with E-state index in [4.69, 9.17) is 23.8 Å². The van der Waals surface area contributed by atoms with E-state index >= 15 is 0 Å². The molecule has 0 spiro atoms. The summed E-state index contributed by atoms with van der Waals surface area (Å²) >= 11 is 0. The molecule has 0 saturated heterocycles. The lowest BCUT2D eigenvalue weighted by molar-refractivity contribution is 0.544. The Morgan fingerprint density at radius 2 is 0.944 bits per heavy atom. The molecular weight excluding hydrogens is 446 g/mol. The molecule has 7 aromatic rings. The van der Waals surface area contributed by atoms with Crippen LogP contribution in [0.2, 0.25) is 0 Å². The Labute approximate surface area is 207 Å². The van der Waals surface area contributed by atoms with E-state index in [-0.39, 0.29) is 5.41 Å². The van der Waals surface area contributed by atoms with E-state index in [2.05, 4.69) is 45.0 Å². The molecule has 4 aromatic carbocycles. The van der Waals surface area contributed by atoms with Crippen molar-refractivity contribution >= 4 is 43.9 Å². The third kappa shape index (κ3) is 3.13. The van der Waals surface area contributed by atoms with Crippen molar-refractivity contribution in [3.05, 3.63) is 90.8 Å². The molecule has 3 heterocycles. The second-order valence-electron chi connectivity index (χ2n) is 10.1. The van der Waals surface area contributed by atoms with E-state index < -0.39 is 0 Å². The van der Waals surface area contributed by atoms with E-state index in [0.717, 1.165) is 60.8 Å². The van der Waals surface area contributed by atoms with Crippen molar-refractivity contribution < 1.29 is 8.83 Å². The van der Waals surface area contributed by atoms with E-state index in [0.29, 0.717) is 11.6 Å². The fourth-order valence-electron chi connectivity index (χ4n) is 4.87. The molecule has 0 atom stereocenters. The summed E-state index contributed by atoms with van der Waals surface area (Å²) in [5, 5.41) is 4.12. The monoisotopic (exact) mass is 469 g/mol. The van der Waals surface area contributed by atoms with Gasteiger partial charge in [0.05, 0.1) is 0 Å². The van der Waals surface area contributed by atoms with Crippen molar-refractivity contribution in [3.8, 4) is 22.8 Å². The van der Waals surface area contributed by atoms with E-state index in [1.807, 2.05) is 60.7 Å². The Hall–Kier alpha value is -4.51. The van der Waals surface area contributed by atoms with Gasteiger partial charge >= 0.3 is 0 Å². The number of nitrogens with zero attached hydrogens (tertiary/aromatic N) is 3. The molecule has 0 fully saturated rings. The number of hydrogen-bond donors (Lipinski definition) is 0. The zero-order valence-corrected chi connectivity index (χ0v) is 20.2. The van der Waals surface area contributed by atoms with Crippen LogP contribution in [0.3, 0.4) is 0 Å². The molecule has 0 aliphatic heterocycles. The molecule has 0 aliphatic rings. The van der Waals surface area contributed by atoms with Crippen molar-refractivity contribution in [1.82, 2.24) is 15.0 Å². The molecule has 0 radical (unpaired) electrons. The average molecular weight is 470 g/mol. The van der Waals surface area contributed by atoms with Crippen LogP contribution in [0.5, 0.6) is 0 Å². The number of fused-ring (bicyclic) bond motifs is 6. The molecule has 36 heavy (non-hydrogen) atoms. The Morgan fingerprint density at radius 1 is 0.500 bits per heavy atom. The highest BCUT2D eigenvalue weighted by atomic mass is 16.3. The van der Waals surface area contributed by atoms with Gasteiger partial charge in [0.1, 0.15) is 28.2 Å². The van der Waals surface area contributed by atoms with Gasteiger partial charge in [-0.2, -0.15) is 0 Å². The lowest BCUT2D eigenvalue weighted by Gasteiger charge is -2.18. The number of benzene rings is 4. The minimum atomic E-state index is -0.273. The number of rotatable bonds is 2. The molecule has 0 amide bonds. The van der Waals surface area contributed by atoms with Crippen molar-refractivity contribution in [2.75, 3.05) is 0 Å². The number of furan rings is 2. The number of hydrogen-bond acceptors (Lipinski definition) is 5. The van der Waals surface area contributed by atoms with E-state index in [9.17, 15) is 0 Å². The first kappa shape index (κ1) is 20.8. The average Bonchev–Trinajstić information content (AvgIpc) is 3.46. The van der Waals surface area contributed by atoms with Gasteiger partial charge in [-0.3, -0.25) is 0 Å². The normalized spacial score (nSPS) is 12.3. The SMILES string of the molecule is CC(C)(C)c1nc(-c2cccc3oc4ccccc4c23)nc(-c2cccc3oc4ccccc4c23)n1. The highest BCUT2D eigenvalue weighted by molar-refractivity contribution is 6.13. The van der Waals surface area contributed by atoms with Gasteiger partial charge in [-0.1, -0.05) is 81.4 Å². The lowest BCUT2D eigenvalue weighted by atomic mass is 9.95. The summed E-state index contributed by atoms with van der Waals surface area (Å²) in [7, 11) is 0. The maximum Gasteiger partial charge on any atom is 0.164 e. The summed E-state index contributed by atoms with van der Waals surface area (Å²) < 4.78 is 12.3. The Kier molecular flexibility index (Phi) is 4.33. The van der Waals surface area contributed by atoms with Gasteiger partial charge in [-0.15, -0.1) is 0 Å². The predicted molar refractivity (Wildman–Crippen MR) is 144 cm³/mol. The zero-order chi connectivity index (χ0) is 24.4. The zero-order valence-electron chi connectivity index (χ0n) is 20.2. The third-order valence-corrected chi connectivity index (χ3v) is 6.59. The molecule has 5 nitrogen and oxygen atoms in total. The minimum absolute atomic E-state index is 0.273. The van der Waals surface area contributed by atoms with Gasteiger partial charge in [0.2, 0.25) is 0 Å². The molecule has 0 saturated carbocycles. The van der Waals surface area contributed by atoms with Gasteiger partial charge in [0, 0.05) is 38.1 Å². The molecule has 3 aromatic heterocycles. The summed E-state index contributed by atoms with van der Waals surface area (Å²) in [4.78, 5) is 15.0. The second kappa shape index (κ2) is 7.49. The molecule has 5 heteroatoms. The highest BCUT2D eigenvalue weighted by Gasteiger charge is 2.24. The fraction of sp³-hybridized carbons (Fsp3) is 0.129. The predicted octanol–water partition coefficient (Wildman–Crippen LogP) is 8.30. The van der Waals surface area contributed by atoms with Crippen LogP contribution in [0, 0.1) is 0 Å². The summed E-state index contributed by atoms with van der Waals surface area (Å²) in [5.74, 6) is 2.00. The molecule has 7 rings (SSSR count). The van der Waals surface area contributed by atoms with Crippen LogP contribution < -0.4 is 0 Å². The standard InChI is InChI=1S/C31H23N3O2/c1-31(2,3)30-33-28(20-12-8-16-24-26(20)18-10-4-6-14-22(18)35-24)32-29(34-30)21-13-9-17-25-27(21)19-11-5-7-15-23(19)36-25/h4-17H,1-3H3. The quantitative estimate of drug-likeness (QED) is 0.255. The van der Waals surface area contributed by atoms with E-state index in [1.165, 1.54) is 0 Å². The summed E-state index contributed by atoms with van der Waals surface area (Å²) in [6, 6.07) is 28.2. The van der Waals surface area contributed by atoms with Crippen molar-refractivity contribution in [3.63, 3.8) is 0 Å². The first-order valence-electron chi connectivity index (χ1n) is 12.1. The van der Waals surface area contributed by atoms with Gasteiger partial charge < -0.3 is 8.83 Å². The fourth-order valence-corrected chi connectivity index (χ4v) is 4.87. The molecule has 174 valence electrons. The molecule has 0 aliphatic carbocycles. The molecular formula is C31H23N3O2. The van der Waals surface area contributed by atoms with Crippen molar-refractivity contribution in [2.45, 2.75) is 26.2 Å². The number of para-hydroxylation sites is 2. The van der Waals surface area contributed by atoms with Crippen LogP contribution in [0.4, 0.5) is 0 Å². The van der Waals surface area contributed by atoms with Gasteiger partial charge in [0.15, 0.2) is 11.6 Å². The molecule has 0 bridgehead atoms. The van der Waals surface area contributed by atoms with Crippen molar-refractivity contribution in [2.24, 2.45) is 0 Å². The number of aromatic nitrogens is 3. The molecule has 0 N–H and O–H groups in total. The minimum Gasteiger partial charge on any atom is -0.456 e. The first-order chi connectivity index (χ1) is 17.5. The van der Waals surface area contributed by atoms with Gasteiger partial charge in [0.25, 0.3) is 0 Å². The Bertz CT molecular complexity index is 1810. The van der Waals surface area contributed by atoms with Crippen LogP contribution >= 0.6 is 0 Å². The van der Waals surface area contributed by atoms with Crippen LogP contribution in [-0.4, -0.2) is 15.0 Å². The third-order valence-electron chi connectivity index (χ3n) is 6.59. The topological polar surface area (TPSA) is 65.0 Å². The smallest absolute Gasteiger partial charge is 0.164 e. The maximum absolute atomic E-state index is 6.14. The first-order valence-corrected chi connectivity index (χ1v) is 12.1. The maximum atomic E-state index is 6.14. The van der Waals surface area contributed by atoms with Crippen molar-refractivity contribution in [1.29, 1.82) is 0 Å². The van der Waals surface area contributed by atoms with Crippen LogP contribution in [0.25, 0.3) is 66.7 Å². The van der Waals surface area contributed by atoms with Gasteiger partial charge in [-0.25, -0.2) is 15.0 Å². The largest absolute Gasteiger partial charge is 0.456 e. The Morgan fingerprint density at radius 3 is 1.42 bits per heavy atom. The van der Waals surface area contributed by atoms with Crippen LogP contribution in [-0.2, 0) is 5.41 Å². The lowest BCUT2D eigenvalue weighted by Crippen LogP contribution is -2.18. The summed E-state index contributed by atoms with van der Waals surface area (Å²) in [6.07, 6.45) is 0. The van der Waals surface area contributed by atoms with Gasteiger partial charge in [-0.05, 0) is 24.3 Å².